The van der Waals surface area contributed by atoms with Crippen molar-refractivity contribution in [2.24, 2.45) is 0 Å². The summed E-state index contributed by atoms with van der Waals surface area (Å²) in [5.41, 5.74) is 0.132. The first kappa shape index (κ1) is 32.0. The normalized spacial score (nSPS) is 18.0. The van der Waals surface area contributed by atoms with Gasteiger partial charge in [-0.1, -0.05) is 36.4 Å². The number of hydrogen-bond donors (Lipinski definition) is 3. The number of carbonyl (C=O) groups excluding carboxylic acids is 1. The highest BCUT2D eigenvalue weighted by molar-refractivity contribution is 7.99. The van der Waals surface area contributed by atoms with E-state index >= 15 is 0 Å². The molecular weight excluding hydrogens is 623 g/mol. The Kier molecular flexibility index (Phi) is 9.77. The van der Waals surface area contributed by atoms with Crippen molar-refractivity contribution >= 4 is 29.3 Å². The van der Waals surface area contributed by atoms with Gasteiger partial charge >= 0.3 is 5.97 Å². The van der Waals surface area contributed by atoms with Gasteiger partial charge in [-0.2, -0.15) is 0 Å². The lowest BCUT2D eigenvalue weighted by molar-refractivity contribution is -0.245. The SMILES string of the molecule is O=C(O)c1cccnc1SCC1CC(c2ccc(CO)cc2)OC(c2cccc(NC(=O)c3c(F)c(F)c(F)c(F)c3F)c2)O1. The van der Waals surface area contributed by atoms with Crippen LogP contribution in [-0.4, -0.2) is 38.9 Å². The lowest BCUT2D eigenvalue weighted by Crippen LogP contribution is -2.31. The Labute approximate surface area is 256 Å². The molecule has 1 saturated heterocycles. The van der Waals surface area contributed by atoms with E-state index < -0.39 is 65.0 Å². The van der Waals surface area contributed by atoms with E-state index in [0.717, 1.165) is 5.56 Å². The zero-order chi connectivity index (χ0) is 32.2. The average Bonchev–Trinajstić information content (AvgIpc) is 3.05. The second-order valence-corrected chi connectivity index (χ2v) is 10.9. The van der Waals surface area contributed by atoms with Gasteiger partial charge in [0.25, 0.3) is 5.91 Å². The highest BCUT2D eigenvalue weighted by atomic mass is 32.2. The first-order chi connectivity index (χ1) is 21.6. The van der Waals surface area contributed by atoms with Crippen molar-refractivity contribution in [1.29, 1.82) is 0 Å². The van der Waals surface area contributed by atoms with E-state index in [1.165, 1.54) is 48.3 Å². The van der Waals surface area contributed by atoms with Crippen molar-refractivity contribution < 1.29 is 51.2 Å². The van der Waals surface area contributed by atoms with E-state index in [4.69, 9.17) is 9.47 Å². The number of carboxylic acids is 1. The molecule has 3 unspecified atom stereocenters. The predicted octanol–water partition coefficient (Wildman–Crippen LogP) is 6.56. The van der Waals surface area contributed by atoms with Gasteiger partial charge < -0.3 is 25.0 Å². The zero-order valence-corrected chi connectivity index (χ0v) is 23.8. The number of rotatable bonds is 9. The molecule has 1 aliphatic heterocycles. The maximum absolute atomic E-state index is 14.2. The van der Waals surface area contributed by atoms with Crippen LogP contribution in [0.1, 0.15) is 56.2 Å². The zero-order valence-electron chi connectivity index (χ0n) is 23.0. The van der Waals surface area contributed by atoms with Crippen LogP contribution in [0, 0.1) is 29.1 Å². The lowest BCUT2D eigenvalue weighted by Gasteiger charge is -2.36. The Hall–Kier alpha value is -4.37. The third kappa shape index (κ3) is 6.99. The summed E-state index contributed by atoms with van der Waals surface area (Å²) in [6.07, 6.45) is -0.267. The average molecular weight is 647 g/mol. The number of anilines is 1. The van der Waals surface area contributed by atoms with Gasteiger partial charge in [-0.15, -0.1) is 11.8 Å². The smallest absolute Gasteiger partial charge is 0.338 e. The first-order valence-electron chi connectivity index (χ1n) is 13.3. The summed E-state index contributed by atoms with van der Waals surface area (Å²) in [6, 6.07) is 15.7. The van der Waals surface area contributed by atoms with E-state index in [2.05, 4.69) is 10.3 Å². The van der Waals surface area contributed by atoms with Gasteiger partial charge in [-0.3, -0.25) is 4.79 Å². The molecule has 2 heterocycles. The topological polar surface area (TPSA) is 118 Å². The maximum atomic E-state index is 14.2. The molecule has 5 rings (SSSR count). The van der Waals surface area contributed by atoms with Gasteiger partial charge in [0.1, 0.15) is 10.6 Å². The third-order valence-corrected chi connectivity index (χ3v) is 8.01. The molecule has 8 nitrogen and oxygen atoms in total. The number of hydrogen-bond acceptors (Lipinski definition) is 7. The van der Waals surface area contributed by atoms with Crippen LogP contribution in [0.3, 0.4) is 0 Å². The summed E-state index contributed by atoms with van der Waals surface area (Å²) in [5.74, 6) is -13.8. The number of aromatic nitrogens is 1. The standard InChI is InChI=1S/C31H23F5N2O6S/c32-23-22(24(33)26(35)27(36)25(23)34)28(40)38-18-4-1-3-17(11-18)31-43-19(14-45-29-20(30(41)42)5-2-10-37-29)12-21(44-31)16-8-6-15(13-39)7-9-16/h1-11,19,21,31,39H,12-14H2,(H,38,40)(H,41,42). The van der Waals surface area contributed by atoms with Crippen LogP contribution in [0.25, 0.3) is 0 Å². The van der Waals surface area contributed by atoms with Crippen LogP contribution in [0.5, 0.6) is 0 Å². The van der Waals surface area contributed by atoms with Gasteiger partial charge in [0.05, 0.1) is 24.4 Å². The van der Waals surface area contributed by atoms with E-state index in [1.54, 1.807) is 30.3 Å². The minimum atomic E-state index is -2.38. The lowest BCUT2D eigenvalue weighted by atomic mass is 10.0. The molecule has 1 aromatic heterocycles. The number of carbonyl (C=O) groups is 2. The van der Waals surface area contributed by atoms with Crippen molar-refractivity contribution in [2.45, 2.75) is 36.6 Å². The summed E-state index contributed by atoms with van der Waals surface area (Å²) >= 11 is 1.18. The molecule has 0 radical (unpaired) electrons. The Balaban J connectivity index is 1.40. The number of carboxylic acid groups (broad SMARTS) is 1. The van der Waals surface area contributed by atoms with Gasteiger partial charge in [0.15, 0.2) is 29.6 Å². The van der Waals surface area contributed by atoms with Crippen LogP contribution < -0.4 is 5.32 Å². The first-order valence-corrected chi connectivity index (χ1v) is 14.3. The molecule has 0 spiro atoms. The Morgan fingerprint density at radius 1 is 0.889 bits per heavy atom. The number of aromatic carboxylic acids is 1. The van der Waals surface area contributed by atoms with Crippen molar-refractivity contribution in [3.05, 3.63) is 124 Å². The number of benzene rings is 3. The fraction of sp³-hybridized carbons (Fsp3) is 0.194. The highest BCUT2D eigenvalue weighted by Gasteiger charge is 2.33. The van der Waals surface area contributed by atoms with Gasteiger partial charge in [0, 0.05) is 29.6 Å². The molecular formula is C31H23F5N2O6S. The molecule has 0 aliphatic carbocycles. The molecule has 0 saturated carbocycles. The summed E-state index contributed by atoms with van der Waals surface area (Å²) in [5, 5.41) is 21.4. The highest BCUT2D eigenvalue weighted by Crippen LogP contribution is 2.40. The molecule has 45 heavy (non-hydrogen) atoms. The number of ether oxygens (including phenoxy) is 2. The number of nitrogens with zero attached hydrogens (tertiary/aromatic N) is 1. The molecule has 234 valence electrons. The van der Waals surface area contributed by atoms with Crippen molar-refractivity contribution in [1.82, 2.24) is 4.98 Å². The number of aliphatic hydroxyl groups excluding tert-OH is 1. The summed E-state index contributed by atoms with van der Waals surface area (Å²) in [7, 11) is 0. The van der Waals surface area contributed by atoms with Gasteiger partial charge in [-0.25, -0.2) is 31.7 Å². The van der Waals surface area contributed by atoms with E-state index in [9.17, 15) is 41.8 Å². The van der Waals surface area contributed by atoms with Crippen molar-refractivity contribution in [2.75, 3.05) is 11.1 Å². The van der Waals surface area contributed by atoms with Crippen LogP contribution in [0.15, 0.2) is 71.9 Å². The van der Waals surface area contributed by atoms with E-state index in [-0.39, 0.29) is 23.6 Å². The Morgan fingerprint density at radius 2 is 1.58 bits per heavy atom. The second-order valence-electron chi connectivity index (χ2n) is 9.85. The van der Waals surface area contributed by atoms with Gasteiger partial charge in [-0.05, 0) is 35.4 Å². The Morgan fingerprint density at radius 3 is 2.24 bits per heavy atom. The van der Waals surface area contributed by atoms with Crippen molar-refractivity contribution in [3.8, 4) is 0 Å². The molecule has 3 atom stereocenters. The molecule has 1 aliphatic rings. The minimum Gasteiger partial charge on any atom is -0.478 e. The maximum Gasteiger partial charge on any atom is 0.338 e. The summed E-state index contributed by atoms with van der Waals surface area (Å²) < 4.78 is 81.6. The third-order valence-electron chi connectivity index (χ3n) is 6.88. The van der Waals surface area contributed by atoms with Crippen LogP contribution in [-0.2, 0) is 16.1 Å². The molecule has 0 bridgehead atoms. The fourth-order valence-corrected chi connectivity index (χ4v) is 5.63. The Bertz CT molecular complexity index is 1710. The number of nitrogens with one attached hydrogen (secondary N) is 1. The quantitative estimate of drug-likeness (QED) is 0.0811. The molecule has 14 heteroatoms. The summed E-state index contributed by atoms with van der Waals surface area (Å²) in [6.45, 7) is -0.156. The van der Waals surface area contributed by atoms with Crippen LogP contribution >= 0.6 is 11.8 Å². The van der Waals surface area contributed by atoms with Crippen LogP contribution in [0.2, 0.25) is 0 Å². The number of aliphatic hydroxyl groups is 1. The number of thioether (sulfide) groups is 1. The largest absolute Gasteiger partial charge is 0.478 e. The minimum absolute atomic E-state index is 0.0273. The van der Waals surface area contributed by atoms with Gasteiger partial charge in [0.2, 0.25) is 5.82 Å². The number of amides is 1. The number of pyridine rings is 1. The van der Waals surface area contributed by atoms with E-state index in [0.29, 0.717) is 22.6 Å². The molecule has 1 amide bonds. The summed E-state index contributed by atoms with van der Waals surface area (Å²) in [4.78, 5) is 28.4. The predicted molar refractivity (Wildman–Crippen MR) is 151 cm³/mol. The van der Waals surface area contributed by atoms with Crippen molar-refractivity contribution in [3.63, 3.8) is 0 Å². The van der Waals surface area contributed by atoms with Crippen LogP contribution in [0.4, 0.5) is 27.6 Å². The van der Waals surface area contributed by atoms with E-state index in [1.807, 2.05) is 0 Å². The molecule has 4 aromatic rings. The monoisotopic (exact) mass is 646 g/mol. The molecule has 3 aromatic carbocycles. The second kappa shape index (κ2) is 13.7. The molecule has 3 N–H and O–H groups in total. The fourth-order valence-electron chi connectivity index (χ4n) is 4.62. The number of halogens is 5. The molecule has 1 fully saturated rings.